The molecule has 0 saturated heterocycles. The number of allylic oxidation sites excluding steroid dienone is 3. The van der Waals surface area contributed by atoms with Crippen LogP contribution in [0.2, 0.25) is 0 Å². The molecule has 7 rings (SSSR count). The van der Waals surface area contributed by atoms with Crippen LogP contribution in [0, 0.1) is 0 Å². The molecule has 52 heavy (non-hydrogen) atoms. The van der Waals surface area contributed by atoms with Crippen LogP contribution in [0.3, 0.4) is 0 Å². The van der Waals surface area contributed by atoms with E-state index in [1.54, 1.807) is 32.4 Å². The normalized spacial score (nSPS) is 13.1. The van der Waals surface area contributed by atoms with Crippen LogP contribution in [0.25, 0.3) is 0 Å². The molecule has 10 heteroatoms. The molecule has 0 bridgehead atoms. The molecule has 1 heterocycles. The van der Waals surface area contributed by atoms with Crippen LogP contribution in [-0.2, 0) is 38.4 Å². The third-order valence-electron chi connectivity index (χ3n) is 8.77. The van der Waals surface area contributed by atoms with Crippen molar-refractivity contribution in [3.05, 3.63) is 201 Å². The molecule has 0 aromatic heterocycles. The van der Waals surface area contributed by atoms with Gasteiger partial charge in [-0.25, -0.2) is 0 Å². The minimum absolute atomic E-state index is 0. The maximum absolute atomic E-state index is 16.6. The smallest absolute Gasteiger partial charge is 0.161 e. The zero-order valence-corrected chi connectivity index (χ0v) is 37.3. The SMILES string of the molecule is CC1=[C]([Zr])C=C[AsH]1.Cl.Cl.O=P(c1ccccc1)(c1ccccc1)C(P(=O)(c1ccccc1)c1ccccc1)P(=O)(c1ccccc1)c1ccccc1. The van der Waals surface area contributed by atoms with Crippen LogP contribution in [0.5, 0.6) is 0 Å². The summed E-state index contributed by atoms with van der Waals surface area (Å²) in [5.41, 5.74) is 0. The molecule has 6 aromatic carbocycles. The van der Waals surface area contributed by atoms with Gasteiger partial charge in [0.25, 0.3) is 0 Å². The van der Waals surface area contributed by atoms with E-state index in [9.17, 15) is 0 Å². The Labute approximate surface area is 341 Å². The van der Waals surface area contributed by atoms with Gasteiger partial charge in [-0.2, -0.15) is 0 Å². The Morgan fingerprint density at radius 2 is 0.635 bits per heavy atom. The van der Waals surface area contributed by atoms with Gasteiger partial charge in [-0.3, -0.25) is 0 Å². The molecule has 0 N–H and O–H groups in total. The van der Waals surface area contributed by atoms with Gasteiger partial charge >= 0.3 is 66.0 Å². The number of hydrogen-bond donors (Lipinski definition) is 0. The summed E-state index contributed by atoms with van der Waals surface area (Å²) in [6, 6.07) is 55.2. The predicted molar refractivity (Wildman–Crippen MR) is 227 cm³/mol. The maximum Gasteiger partial charge on any atom is 0.161 e. The average Bonchev–Trinajstić information content (AvgIpc) is 3.58. The van der Waals surface area contributed by atoms with Crippen LogP contribution in [0.4, 0.5) is 0 Å². The molecule has 1 unspecified atom stereocenters. The summed E-state index contributed by atoms with van der Waals surface area (Å²) in [5, 5.41) is 1.80. The standard InChI is InChI=1S/C37H31O3P3.C5H6As.2ClH.Zr/c38-41(31-19-7-1-8-20-31,32-21-9-2-10-22-32)37(42(39,33-23-11-3-12-24-33)34-25-13-4-14-26-34)43(40,35-27-15-5-16-28-35)36-29-17-6-18-30-36;1-5-3-2-4-6-5;;;/h1-30,37H;2,4,6H,1H3;2*1H;. The van der Waals surface area contributed by atoms with E-state index in [0.717, 1.165) is 0 Å². The van der Waals surface area contributed by atoms with Gasteiger partial charge in [0.2, 0.25) is 0 Å². The first-order valence-electron chi connectivity index (χ1n) is 16.3. The number of rotatable bonds is 9. The fraction of sp³-hybridized carbons (Fsp3) is 0.0476. The van der Waals surface area contributed by atoms with E-state index >= 15 is 13.7 Å². The second-order valence-electron chi connectivity index (χ2n) is 11.9. The Kier molecular flexibility index (Phi) is 15.6. The Balaban J connectivity index is 0.000000604. The summed E-state index contributed by atoms with van der Waals surface area (Å²) in [6.07, 6.45) is 2.27. The largest absolute Gasteiger partial charge is 0.312 e. The molecule has 3 nitrogen and oxygen atoms in total. The van der Waals surface area contributed by atoms with E-state index in [0.29, 0.717) is 31.8 Å². The number of hydrogen-bond acceptors (Lipinski definition) is 3. The van der Waals surface area contributed by atoms with Crippen molar-refractivity contribution in [3.8, 4) is 0 Å². The van der Waals surface area contributed by atoms with Gasteiger partial charge < -0.3 is 13.7 Å². The van der Waals surface area contributed by atoms with Crippen molar-refractivity contribution < 1.29 is 38.4 Å². The van der Waals surface area contributed by atoms with Crippen LogP contribution < -0.4 is 31.8 Å². The summed E-state index contributed by atoms with van der Waals surface area (Å²) >= 11 is 1.83. The van der Waals surface area contributed by atoms with Crippen molar-refractivity contribution in [3.63, 3.8) is 0 Å². The zero-order valence-electron chi connectivity index (χ0n) is 28.4. The van der Waals surface area contributed by atoms with Crippen LogP contribution in [0.15, 0.2) is 201 Å². The second kappa shape index (κ2) is 19.2. The summed E-state index contributed by atoms with van der Waals surface area (Å²) < 4.78 is 52.9. The van der Waals surface area contributed by atoms with E-state index in [1.165, 1.54) is 0 Å². The van der Waals surface area contributed by atoms with Crippen LogP contribution in [-0.4, -0.2) is 20.9 Å². The number of halogens is 2. The molecule has 1 atom stereocenters. The molecule has 0 aliphatic carbocycles. The minimum atomic E-state index is -3.97. The maximum atomic E-state index is 16.6. The molecule has 1 aliphatic rings. The molecule has 0 amide bonds. The third-order valence-corrected chi connectivity index (χ3v) is 27.8. The van der Waals surface area contributed by atoms with Crippen molar-refractivity contribution in [1.29, 1.82) is 0 Å². The summed E-state index contributed by atoms with van der Waals surface area (Å²) in [7, 11) is -11.9. The van der Waals surface area contributed by atoms with Crippen molar-refractivity contribution in [1.82, 2.24) is 0 Å². The predicted octanol–water partition coefficient (Wildman–Crippen LogP) is 8.88. The summed E-state index contributed by atoms with van der Waals surface area (Å²) in [5.74, 6) is 0. The molecule has 1 aliphatic heterocycles. The van der Waals surface area contributed by atoms with Gasteiger partial charge in [0.05, 0.1) is 0 Å². The molecular weight excluding hydrogens is 882 g/mol. The van der Waals surface area contributed by atoms with Gasteiger partial charge in [-0.05, 0) is 0 Å². The van der Waals surface area contributed by atoms with E-state index in [-0.39, 0.29) is 40.6 Å². The Morgan fingerprint density at radius 3 is 0.769 bits per heavy atom. The average molecular weight is 922 g/mol. The molecule has 0 spiro atoms. The topological polar surface area (TPSA) is 51.2 Å². The quantitative estimate of drug-likeness (QED) is 0.108. The Bertz CT molecular complexity index is 1880. The van der Waals surface area contributed by atoms with Gasteiger partial charge in [0, 0.05) is 31.8 Å². The van der Waals surface area contributed by atoms with Crippen molar-refractivity contribution in [2.45, 2.75) is 12.1 Å². The first-order chi connectivity index (χ1) is 24.3. The van der Waals surface area contributed by atoms with E-state index in [2.05, 4.69) is 17.9 Å². The van der Waals surface area contributed by atoms with Gasteiger partial charge in [-0.1, -0.05) is 182 Å². The van der Waals surface area contributed by atoms with Gasteiger partial charge in [0.1, 0.15) is 5.14 Å². The molecule has 6 aromatic rings. The Hall–Kier alpha value is -2.49. The van der Waals surface area contributed by atoms with Gasteiger partial charge in [0.15, 0.2) is 21.4 Å². The Morgan fingerprint density at radius 1 is 0.423 bits per heavy atom. The molecule has 0 saturated carbocycles. The van der Waals surface area contributed by atoms with Crippen molar-refractivity contribution in [2.75, 3.05) is 0 Å². The molecule has 0 radical (unpaired) electrons. The van der Waals surface area contributed by atoms with Gasteiger partial charge in [-0.15, -0.1) is 24.8 Å². The first-order valence-corrected chi connectivity index (χ1v) is 25.1. The van der Waals surface area contributed by atoms with E-state index in [4.69, 9.17) is 0 Å². The molecular formula is C42H39AsCl2O3P3Zr. The number of benzene rings is 6. The van der Waals surface area contributed by atoms with Crippen molar-refractivity contribution >= 4 is 93.8 Å². The summed E-state index contributed by atoms with van der Waals surface area (Å²) in [6.45, 7) is 2.25. The molecule has 263 valence electrons. The monoisotopic (exact) mass is 919 g/mol. The zero-order chi connectivity index (χ0) is 35.0. The van der Waals surface area contributed by atoms with Crippen molar-refractivity contribution in [2.24, 2.45) is 0 Å². The summed E-state index contributed by atoms with van der Waals surface area (Å²) in [4.78, 5) is 2.35. The van der Waals surface area contributed by atoms with Crippen LogP contribution in [0.1, 0.15) is 6.92 Å². The molecule has 0 fully saturated rings. The third kappa shape index (κ3) is 8.57. The van der Waals surface area contributed by atoms with E-state index < -0.39 is 26.6 Å². The second-order valence-corrected chi connectivity index (χ2v) is 25.9. The minimum Gasteiger partial charge on any atom is -0.312 e. The fourth-order valence-corrected chi connectivity index (χ4v) is 26.3. The van der Waals surface area contributed by atoms with Crippen LogP contribution >= 0.6 is 46.2 Å². The fourth-order valence-electron chi connectivity index (χ4n) is 6.28. The first kappa shape index (κ1) is 42.3. The van der Waals surface area contributed by atoms with E-state index in [1.807, 2.05) is 182 Å².